The summed E-state index contributed by atoms with van der Waals surface area (Å²) in [5, 5.41) is 0. The van der Waals surface area contributed by atoms with Gasteiger partial charge in [0.15, 0.2) is 0 Å². The van der Waals surface area contributed by atoms with E-state index in [-0.39, 0.29) is 22.9 Å². The number of anilines is 1. The number of methoxy groups -OCH3 is 2. The second-order valence-electron chi connectivity index (χ2n) is 5.09. The standard InChI is InChI=1S/C16H16FNO4S/c1-21-12-6-7-14(22-2)15(10-12)23(19,20)18-9-8-11-4-3-5-13(17)16(11)18/h3-7,10H,8-9H2,1-2H3. The molecule has 122 valence electrons. The van der Waals surface area contributed by atoms with E-state index in [0.717, 1.165) is 4.31 Å². The average molecular weight is 337 g/mol. The molecule has 1 aliphatic heterocycles. The minimum Gasteiger partial charge on any atom is -0.497 e. The molecule has 0 bridgehead atoms. The van der Waals surface area contributed by atoms with Crippen molar-refractivity contribution >= 4 is 15.7 Å². The van der Waals surface area contributed by atoms with E-state index in [1.807, 2.05) is 0 Å². The lowest BCUT2D eigenvalue weighted by Gasteiger charge is -2.21. The van der Waals surface area contributed by atoms with Crippen LogP contribution in [0.1, 0.15) is 5.56 Å². The Bertz CT molecular complexity index is 851. The lowest BCUT2D eigenvalue weighted by atomic mass is 10.2. The maximum atomic E-state index is 14.2. The number of ether oxygens (including phenoxy) is 2. The van der Waals surface area contributed by atoms with Crippen LogP contribution in [0.5, 0.6) is 11.5 Å². The van der Waals surface area contributed by atoms with Crippen LogP contribution < -0.4 is 13.8 Å². The second kappa shape index (κ2) is 5.73. The highest BCUT2D eigenvalue weighted by Gasteiger charge is 2.35. The van der Waals surface area contributed by atoms with Gasteiger partial charge in [-0.25, -0.2) is 12.8 Å². The van der Waals surface area contributed by atoms with Crippen molar-refractivity contribution < 1.29 is 22.3 Å². The van der Waals surface area contributed by atoms with Crippen LogP contribution in [-0.4, -0.2) is 29.2 Å². The van der Waals surface area contributed by atoms with Crippen molar-refractivity contribution in [2.75, 3.05) is 25.1 Å². The van der Waals surface area contributed by atoms with Crippen LogP contribution in [0.15, 0.2) is 41.3 Å². The fourth-order valence-electron chi connectivity index (χ4n) is 2.72. The molecular formula is C16H16FNO4S. The summed E-state index contributed by atoms with van der Waals surface area (Å²) in [6.45, 7) is 0.193. The number of halogens is 1. The molecule has 1 aliphatic rings. The molecule has 0 saturated heterocycles. The first-order valence-corrected chi connectivity index (χ1v) is 8.45. The van der Waals surface area contributed by atoms with E-state index in [1.165, 1.54) is 32.4 Å². The van der Waals surface area contributed by atoms with E-state index in [9.17, 15) is 12.8 Å². The molecule has 0 aromatic heterocycles. The maximum Gasteiger partial charge on any atom is 0.268 e. The van der Waals surface area contributed by atoms with Crippen LogP contribution >= 0.6 is 0 Å². The summed E-state index contributed by atoms with van der Waals surface area (Å²) < 4.78 is 51.5. The van der Waals surface area contributed by atoms with Crippen LogP contribution in [0, 0.1) is 5.82 Å². The summed E-state index contributed by atoms with van der Waals surface area (Å²) in [6.07, 6.45) is 0.471. The first-order valence-electron chi connectivity index (χ1n) is 7.01. The Hall–Kier alpha value is -2.28. The van der Waals surface area contributed by atoms with Crippen molar-refractivity contribution in [2.24, 2.45) is 0 Å². The van der Waals surface area contributed by atoms with Gasteiger partial charge in [0.05, 0.1) is 19.9 Å². The van der Waals surface area contributed by atoms with Crippen LogP contribution in [0.3, 0.4) is 0 Å². The fourth-order valence-corrected chi connectivity index (χ4v) is 4.40. The third-order valence-electron chi connectivity index (χ3n) is 3.84. The van der Waals surface area contributed by atoms with Gasteiger partial charge in [-0.05, 0) is 30.2 Å². The number of hydrogen-bond acceptors (Lipinski definition) is 4. The van der Waals surface area contributed by atoms with E-state index in [0.29, 0.717) is 17.7 Å². The highest BCUT2D eigenvalue weighted by molar-refractivity contribution is 7.93. The van der Waals surface area contributed by atoms with Gasteiger partial charge in [0, 0.05) is 12.6 Å². The van der Waals surface area contributed by atoms with Crippen LogP contribution in [-0.2, 0) is 16.4 Å². The predicted octanol–water partition coefficient (Wildman–Crippen LogP) is 2.59. The summed E-state index contributed by atoms with van der Waals surface area (Å²) >= 11 is 0. The SMILES string of the molecule is COc1ccc(OC)c(S(=O)(=O)N2CCc3cccc(F)c32)c1. The molecule has 0 spiro atoms. The van der Waals surface area contributed by atoms with E-state index in [4.69, 9.17) is 9.47 Å². The van der Waals surface area contributed by atoms with E-state index >= 15 is 0 Å². The molecule has 0 fully saturated rings. The third-order valence-corrected chi connectivity index (χ3v) is 5.66. The normalized spacial score (nSPS) is 13.8. The molecule has 0 aliphatic carbocycles. The number of sulfonamides is 1. The van der Waals surface area contributed by atoms with Crippen molar-refractivity contribution in [1.29, 1.82) is 0 Å². The van der Waals surface area contributed by atoms with E-state index in [2.05, 4.69) is 0 Å². The highest BCUT2D eigenvalue weighted by Crippen LogP contribution is 2.38. The van der Waals surface area contributed by atoms with Gasteiger partial charge in [0.2, 0.25) is 0 Å². The molecule has 0 unspecified atom stereocenters. The molecule has 0 radical (unpaired) electrons. The largest absolute Gasteiger partial charge is 0.497 e. The monoisotopic (exact) mass is 337 g/mol. The Morgan fingerprint density at radius 2 is 1.91 bits per heavy atom. The molecule has 23 heavy (non-hydrogen) atoms. The number of fused-ring (bicyclic) bond motifs is 1. The lowest BCUT2D eigenvalue weighted by molar-refractivity contribution is 0.392. The van der Waals surface area contributed by atoms with Gasteiger partial charge in [-0.3, -0.25) is 4.31 Å². The summed E-state index contributed by atoms with van der Waals surface area (Å²) in [5.41, 5.74) is 0.785. The fraction of sp³-hybridized carbons (Fsp3) is 0.250. The molecule has 0 saturated carbocycles. The Morgan fingerprint density at radius 1 is 1.13 bits per heavy atom. The molecule has 7 heteroatoms. The molecular weight excluding hydrogens is 321 g/mol. The number of rotatable bonds is 4. The first kappa shape index (κ1) is 15.6. The molecule has 1 heterocycles. The van der Waals surface area contributed by atoms with Gasteiger partial charge in [-0.2, -0.15) is 0 Å². The molecule has 2 aromatic rings. The second-order valence-corrected chi connectivity index (χ2v) is 6.92. The van der Waals surface area contributed by atoms with Crippen molar-refractivity contribution in [2.45, 2.75) is 11.3 Å². The van der Waals surface area contributed by atoms with Crippen LogP contribution in [0.4, 0.5) is 10.1 Å². The minimum atomic E-state index is -3.96. The molecule has 2 aromatic carbocycles. The molecule has 0 amide bonds. The number of benzene rings is 2. The molecule has 0 N–H and O–H groups in total. The average Bonchev–Trinajstić information content (AvgIpc) is 3.00. The summed E-state index contributed by atoms with van der Waals surface area (Å²) in [7, 11) is -1.13. The number of hydrogen-bond donors (Lipinski definition) is 0. The zero-order valence-electron chi connectivity index (χ0n) is 12.7. The number of nitrogens with zero attached hydrogens (tertiary/aromatic N) is 1. The van der Waals surface area contributed by atoms with Crippen molar-refractivity contribution in [3.8, 4) is 11.5 Å². The minimum absolute atomic E-state index is 0.0459. The summed E-state index contributed by atoms with van der Waals surface area (Å²) in [4.78, 5) is -0.0459. The van der Waals surface area contributed by atoms with Crippen molar-refractivity contribution in [3.63, 3.8) is 0 Å². The molecule has 3 rings (SSSR count). The van der Waals surface area contributed by atoms with Crippen LogP contribution in [0.25, 0.3) is 0 Å². The Labute approximate surface area is 134 Å². The summed E-state index contributed by atoms with van der Waals surface area (Å²) in [5.74, 6) is 0.0263. The van der Waals surface area contributed by atoms with Crippen LogP contribution in [0.2, 0.25) is 0 Å². The summed E-state index contributed by atoms with van der Waals surface area (Å²) in [6, 6.07) is 9.08. The topological polar surface area (TPSA) is 55.8 Å². The first-order chi connectivity index (χ1) is 11.0. The zero-order valence-corrected chi connectivity index (χ0v) is 13.6. The molecule has 5 nitrogen and oxygen atoms in total. The Kier molecular flexibility index (Phi) is 3.89. The van der Waals surface area contributed by atoms with Gasteiger partial charge in [-0.15, -0.1) is 0 Å². The van der Waals surface area contributed by atoms with Gasteiger partial charge >= 0.3 is 0 Å². The van der Waals surface area contributed by atoms with Crippen molar-refractivity contribution in [1.82, 2.24) is 0 Å². The quantitative estimate of drug-likeness (QED) is 0.860. The Morgan fingerprint density at radius 3 is 2.61 bits per heavy atom. The predicted molar refractivity (Wildman–Crippen MR) is 84.2 cm³/mol. The van der Waals surface area contributed by atoms with Gasteiger partial charge in [-0.1, -0.05) is 12.1 Å². The Balaban J connectivity index is 2.15. The third kappa shape index (κ3) is 2.50. The highest BCUT2D eigenvalue weighted by atomic mass is 32.2. The van der Waals surface area contributed by atoms with Crippen molar-refractivity contribution in [3.05, 3.63) is 47.8 Å². The lowest BCUT2D eigenvalue weighted by Crippen LogP contribution is -2.30. The zero-order chi connectivity index (χ0) is 16.6. The van der Waals surface area contributed by atoms with E-state index in [1.54, 1.807) is 18.2 Å². The van der Waals surface area contributed by atoms with Gasteiger partial charge in [0.25, 0.3) is 10.0 Å². The van der Waals surface area contributed by atoms with Gasteiger partial charge < -0.3 is 9.47 Å². The number of para-hydroxylation sites is 1. The smallest absolute Gasteiger partial charge is 0.268 e. The maximum absolute atomic E-state index is 14.2. The van der Waals surface area contributed by atoms with E-state index < -0.39 is 15.8 Å². The molecule has 0 atom stereocenters. The van der Waals surface area contributed by atoms with Gasteiger partial charge in [0.1, 0.15) is 22.2 Å².